The molecular weight excluding hydrogens is 331 g/mol. The van der Waals surface area contributed by atoms with Crippen molar-refractivity contribution in [3.63, 3.8) is 0 Å². The fraction of sp³-hybridized carbons (Fsp3) is 0.524. The normalized spacial score (nSPS) is 20.0. The number of carbonyl (C=O) groups excluding carboxylic acids is 2. The average molecular weight is 358 g/mol. The van der Waals surface area contributed by atoms with E-state index in [1.165, 1.54) is 12.5 Å². The van der Waals surface area contributed by atoms with Gasteiger partial charge in [-0.3, -0.25) is 9.59 Å². The van der Waals surface area contributed by atoms with E-state index < -0.39 is 11.7 Å². The van der Waals surface area contributed by atoms with Gasteiger partial charge in [0, 0.05) is 24.7 Å². The van der Waals surface area contributed by atoms with E-state index in [1.54, 1.807) is 4.90 Å². The molecule has 1 N–H and O–H groups in total. The fourth-order valence-corrected chi connectivity index (χ4v) is 3.84. The quantitative estimate of drug-likeness (QED) is 0.816. The van der Waals surface area contributed by atoms with Gasteiger partial charge in [0.05, 0.1) is 0 Å². The highest BCUT2D eigenvalue weighted by atomic mass is 19.1. The molecule has 26 heavy (non-hydrogen) atoms. The Morgan fingerprint density at radius 3 is 2.31 bits per heavy atom. The highest BCUT2D eigenvalue weighted by molar-refractivity contribution is 5.93. The molecular formula is C21H27FN2O2. The monoisotopic (exact) mass is 358 g/mol. The number of amides is 2. The Labute approximate surface area is 154 Å². The summed E-state index contributed by atoms with van der Waals surface area (Å²) in [4.78, 5) is 26.2. The molecule has 2 fully saturated rings. The van der Waals surface area contributed by atoms with Crippen LogP contribution in [0.3, 0.4) is 0 Å². The molecule has 0 aromatic heterocycles. The molecule has 1 aliphatic heterocycles. The third-order valence-corrected chi connectivity index (χ3v) is 5.43. The summed E-state index contributed by atoms with van der Waals surface area (Å²) in [6.07, 6.45) is 8.05. The van der Waals surface area contributed by atoms with Crippen LogP contribution in [0.25, 0.3) is 0 Å². The van der Waals surface area contributed by atoms with Crippen LogP contribution in [0, 0.1) is 11.8 Å². The zero-order chi connectivity index (χ0) is 18.4. The Hall–Kier alpha value is -2.17. The van der Waals surface area contributed by atoms with Crippen LogP contribution in [0.4, 0.5) is 10.1 Å². The summed E-state index contributed by atoms with van der Waals surface area (Å²) in [6.45, 7) is 0.856. The lowest BCUT2D eigenvalue weighted by Crippen LogP contribution is -2.41. The van der Waals surface area contributed by atoms with Crippen molar-refractivity contribution in [3.05, 3.63) is 42.2 Å². The maximum Gasteiger partial charge on any atom is 0.282 e. The van der Waals surface area contributed by atoms with Gasteiger partial charge in [0.2, 0.25) is 5.91 Å². The van der Waals surface area contributed by atoms with E-state index in [9.17, 15) is 14.0 Å². The highest BCUT2D eigenvalue weighted by Gasteiger charge is 2.29. The number of likely N-dealkylation sites (tertiary alicyclic amines) is 1. The largest absolute Gasteiger partial charge is 0.337 e. The number of halogens is 1. The van der Waals surface area contributed by atoms with Crippen molar-refractivity contribution in [3.8, 4) is 0 Å². The number of hydrogen-bond donors (Lipinski definition) is 1. The van der Waals surface area contributed by atoms with Gasteiger partial charge in [0.15, 0.2) is 5.83 Å². The third-order valence-electron chi connectivity index (χ3n) is 5.43. The van der Waals surface area contributed by atoms with Crippen LogP contribution in [0.5, 0.6) is 0 Å². The lowest BCUT2D eigenvalue weighted by Gasteiger charge is -2.31. The minimum atomic E-state index is -0.621. The van der Waals surface area contributed by atoms with E-state index in [0.717, 1.165) is 31.4 Å². The molecule has 0 spiro atoms. The van der Waals surface area contributed by atoms with Crippen molar-refractivity contribution in [2.24, 2.45) is 11.8 Å². The number of rotatable bonds is 4. The van der Waals surface area contributed by atoms with Gasteiger partial charge in [0.25, 0.3) is 5.91 Å². The number of para-hydroxylation sites is 1. The van der Waals surface area contributed by atoms with Gasteiger partial charge >= 0.3 is 0 Å². The van der Waals surface area contributed by atoms with Gasteiger partial charge < -0.3 is 10.2 Å². The van der Waals surface area contributed by atoms with Gasteiger partial charge in [0.1, 0.15) is 0 Å². The second-order valence-corrected chi connectivity index (χ2v) is 7.33. The Morgan fingerprint density at radius 2 is 1.65 bits per heavy atom. The minimum absolute atomic E-state index is 0.0264. The van der Waals surface area contributed by atoms with Gasteiger partial charge in [-0.15, -0.1) is 0 Å². The number of anilines is 1. The first-order valence-corrected chi connectivity index (χ1v) is 9.66. The van der Waals surface area contributed by atoms with Gasteiger partial charge in [-0.2, -0.15) is 0 Å². The Bertz CT molecular complexity index is 645. The summed E-state index contributed by atoms with van der Waals surface area (Å²) in [5, 5.41) is 2.90. The molecule has 0 radical (unpaired) electrons. The lowest BCUT2D eigenvalue weighted by molar-refractivity contribution is -0.132. The van der Waals surface area contributed by atoms with E-state index in [0.29, 0.717) is 25.9 Å². The highest BCUT2D eigenvalue weighted by Crippen LogP contribution is 2.27. The molecule has 0 atom stereocenters. The molecule has 0 bridgehead atoms. The first-order chi connectivity index (χ1) is 12.6. The number of benzene rings is 1. The first kappa shape index (κ1) is 18.6. The van der Waals surface area contributed by atoms with Crippen molar-refractivity contribution in [2.75, 3.05) is 18.4 Å². The number of nitrogens with one attached hydrogen (secondary N) is 1. The predicted octanol–water partition coefficient (Wildman–Crippen LogP) is 4.30. The molecule has 1 saturated heterocycles. The summed E-state index contributed by atoms with van der Waals surface area (Å²) < 4.78 is 14.3. The van der Waals surface area contributed by atoms with E-state index >= 15 is 0 Å². The molecule has 140 valence electrons. The fourth-order valence-electron chi connectivity index (χ4n) is 3.84. The number of allylic oxidation sites excluding steroid dienone is 1. The van der Waals surface area contributed by atoms with Crippen LogP contribution in [-0.4, -0.2) is 29.8 Å². The Kier molecular flexibility index (Phi) is 6.42. The average Bonchev–Trinajstić information content (AvgIpc) is 2.69. The van der Waals surface area contributed by atoms with Gasteiger partial charge in [-0.05, 0) is 49.8 Å². The molecule has 1 aromatic carbocycles. The summed E-state index contributed by atoms with van der Waals surface area (Å²) in [5.74, 6) is -1.10. The molecule has 4 nitrogen and oxygen atoms in total. The zero-order valence-electron chi connectivity index (χ0n) is 15.1. The molecule has 2 aliphatic rings. The number of piperidine rings is 1. The van der Waals surface area contributed by atoms with Gasteiger partial charge in [-0.1, -0.05) is 37.5 Å². The van der Waals surface area contributed by atoms with E-state index in [1.807, 2.05) is 30.3 Å². The molecule has 1 aromatic rings. The number of carbonyl (C=O) groups is 2. The van der Waals surface area contributed by atoms with E-state index in [-0.39, 0.29) is 17.7 Å². The SMILES string of the molecule is O=C(Nc1ccccc1)C1CCN(C(=O)C(F)=CC2CCCCC2)CC1. The third kappa shape index (κ3) is 4.93. The summed E-state index contributed by atoms with van der Waals surface area (Å²) in [7, 11) is 0. The van der Waals surface area contributed by atoms with Crippen molar-refractivity contribution in [2.45, 2.75) is 44.9 Å². The summed E-state index contributed by atoms with van der Waals surface area (Å²) in [6, 6.07) is 9.34. The Morgan fingerprint density at radius 1 is 1.00 bits per heavy atom. The van der Waals surface area contributed by atoms with Crippen LogP contribution in [0.1, 0.15) is 44.9 Å². The molecule has 1 saturated carbocycles. The number of nitrogens with zero attached hydrogens (tertiary/aromatic N) is 1. The molecule has 0 unspecified atom stereocenters. The van der Waals surface area contributed by atoms with Crippen molar-refractivity contribution < 1.29 is 14.0 Å². The zero-order valence-corrected chi connectivity index (χ0v) is 15.1. The molecule has 1 heterocycles. The van der Waals surface area contributed by atoms with Crippen LogP contribution >= 0.6 is 0 Å². The van der Waals surface area contributed by atoms with Crippen molar-refractivity contribution in [1.29, 1.82) is 0 Å². The maximum atomic E-state index is 14.3. The molecule has 3 rings (SSSR count). The Balaban J connectivity index is 1.48. The number of hydrogen-bond acceptors (Lipinski definition) is 2. The maximum absolute atomic E-state index is 14.3. The molecule has 1 aliphatic carbocycles. The first-order valence-electron chi connectivity index (χ1n) is 9.66. The summed E-state index contributed by atoms with van der Waals surface area (Å²) in [5.41, 5.74) is 0.775. The van der Waals surface area contributed by atoms with Crippen LogP contribution in [-0.2, 0) is 9.59 Å². The second-order valence-electron chi connectivity index (χ2n) is 7.33. The van der Waals surface area contributed by atoms with Crippen LogP contribution in [0.2, 0.25) is 0 Å². The van der Waals surface area contributed by atoms with Crippen LogP contribution in [0.15, 0.2) is 42.2 Å². The minimum Gasteiger partial charge on any atom is -0.337 e. The van der Waals surface area contributed by atoms with E-state index in [2.05, 4.69) is 5.32 Å². The molecule has 5 heteroatoms. The van der Waals surface area contributed by atoms with Crippen LogP contribution < -0.4 is 5.32 Å². The van der Waals surface area contributed by atoms with Gasteiger partial charge in [-0.25, -0.2) is 4.39 Å². The second kappa shape index (κ2) is 8.97. The van der Waals surface area contributed by atoms with Crippen molar-refractivity contribution in [1.82, 2.24) is 4.90 Å². The standard InChI is InChI=1S/C21H27FN2O2/c22-19(15-16-7-3-1-4-8-16)21(26)24-13-11-17(12-14-24)20(25)23-18-9-5-2-6-10-18/h2,5-6,9-10,15-17H,1,3-4,7-8,11-14H2,(H,23,25). The topological polar surface area (TPSA) is 49.4 Å². The lowest BCUT2D eigenvalue weighted by atomic mass is 9.89. The predicted molar refractivity (Wildman–Crippen MR) is 100 cm³/mol. The van der Waals surface area contributed by atoms with E-state index in [4.69, 9.17) is 0 Å². The smallest absolute Gasteiger partial charge is 0.282 e. The summed E-state index contributed by atoms with van der Waals surface area (Å²) >= 11 is 0. The van der Waals surface area contributed by atoms with Crippen molar-refractivity contribution >= 4 is 17.5 Å². The molecule has 2 amide bonds.